The number of carbonyl (C=O) groups is 1. The summed E-state index contributed by atoms with van der Waals surface area (Å²) in [4.78, 5) is 25.0. The highest BCUT2D eigenvalue weighted by atomic mass is 16.2. The highest BCUT2D eigenvalue weighted by Gasteiger charge is 2.15. The van der Waals surface area contributed by atoms with Crippen molar-refractivity contribution in [3.63, 3.8) is 0 Å². The summed E-state index contributed by atoms with van der Waals surface area (Å²) in [6.07, 6.45) is 0. The van der Waals surface area contributed by atoms with E-state index in [2.05, 4.69) is 5.32 Å². The first-order valence-electron chi connectivity index (χ1n) is 8.14. The van der Waals surface area contributed by atoms with Crippen LogP contribution in [0.4, 0.5) is 0 Å². The number of fused-ring (bicyclic) bond motifs is 1. The van der Waals surface area contributed by atoms with Gasteiger partial charge >= 0.3 is 5.69 Å². The molecule has 124 valence electrons. The number of aromatic nitrogens is 2. The smallest absolute Gasteiger partial charge is 0.329 e. The van der Waals surface area contributed by atoms with E-state index < -0.39 is 0 Å². The van der Waals surface area contributed by atoms with E-state index in [1.807, 2.05) is 68.4 Å². The van der Waals surface area contributed by atoms with Gasteiger partial charge in [-0.25, -0.2) is 4.79 Å². The molecule has 0 saturated heterocycles. The van der Waals surface area contributed by atoms with Gasteiger partial charge in [-0.15, -0.1) is 0 Å². The molecule has 5 nitrogen and oxygen atoms in total. The lowest BCUT2D eigenvalue weighted by atomic mass is 10.1. The number of imidazole rings is 1. The molecule has 1 aromatic heterocycles. The number of carbonyl (C=O) groups excluding carboxylic acids is 1. The summed E-state index contributed by atoms with van der Waals surface area (Å²) >= 11 is 0. The highest BCUT2D eigenvalue weighted by Crippen LogP contribution is 2.14. The van der Waals surface area contributed by atoms with Crippen molar-refractivity contribution in [3.05, 3.63) is 70.6 Å². The lowest BCUT2D eigenvalue weighted by Crippen LogP contribution is -2.34. The molecule has 2 aromatic carbocycles. The van der Waals surface area contributed by atoms with Crippen LogP contribution in [0.3, 0.4) is 0 Å². The maximum Gasteiger partial charge on any atom is 0.329 e. The van der Waals surface area contributed by atoms with Gasteiger partial charge < -0.3 is 5.32 Å². The van der Waals surface area contributed by atoms with Gasteiger partial charge in [0.25, 0.3) is 0 Å². The zero-order chi connectivity index (χ0) is 17.1. The molecule has 3 rings (SSSR count). The van der Waals surface area contributed by atoms with Gasteiger partial charge in [-0.2, -0.15) is 0 Å². The second kappa shape index (κ2) is 6.74. The van der Waals surface area contributed by atoms with E-state index in [-0.39, 0.29) is 24.2 Å². The second-order valence-corrected chi connectivity index (χ2v) is 5.80. The molecule has 1 heterocycles. The molecule has 0 fully saturated rings. The quantitative estimate of drug-likeness (QED) is 0.785. The Labute approximate surface area is 140 Å². The van der Waals surface area contributed by atoms with Crippen LogP contribution in [0, 0.1) is 0 Å². The van der Waals surface area contributed by atoms with Gasteiger partial charge in [-0.1, -0.05) is 42.5 Å². The molecule has 1 atom stereocenters. The lowest BCUT2D eigenvalue weighted by molar-refractivity contribution is -0.122. The van der Waals surface area contributed by atoms with Crippen molar-refractivity contribution in [2.24, 2.45) is 0 Å². The fourth-order valence-corrected chi connectivity index (χ4v) is 2.99. The summed E-state index contributed by atoms with van der Waals surface area (Å²) in [6, 6.07) is 17.2. The third-order valence-electron chi connectivity index (χ3n) is 4.22. The third-order valence-corrected chi connectivity index (χ3v) is 4.22. The Morgan fingerprint density at radius 2 is 1.58 bits per heavy atom. The fraction of sp³-hybridized carbons (Fsp3) is 0.263. The number of aryl methyl sites for hydroxylation is 1. The zero-order valence-corrected chi connectivity index (χ0v) is 13.9. The molecule has 0 radical (unpaired) electrons. The first kappa shape index (κ1) is 16.1. The zero-order valence-electron chi connectivity index (χ0n) is 13.9. The van der Waals surface area contributed by atoms with Gasteiger partial charge in [0.05, 0.1) is 17.1 Å². The fourth-order valence-electron chi connectivity index (χ4n) is 2.99. The minimum atomic E-state index is -0.174. The van der Waals surface area contributed by atoms with Crippen molar-refractivity contribution in [2.75, 3.05) is 0 Å². The molecule has 0 spiro atoms. The van der Waals surface area contributed by atoms with Crippen LogP contribution >= 0.6 is 0 Å². The second-order valence-electron chi connectivity index (χ2n) is 5.80. The number of amides is 1. The van der Waals surface area contributed by atoms with E-state index in [0.717, 1.165) is 16.6 Å². The maximum absolute atomic E-state index is 12.6. The number of hydrogen-bond acceptors (Lipinski definition) is 2. The van der Waals surface area contributed by atoms with Crippen LogP contribution in [0.1, 0.15) is 25.5 Å². The molecule has 0 aliphatic rings. The largest absolute Gasteiger partial charge is 0.348 e. The van der Waals surface area contributed by atoms with Crippen LogP contribution in [0.25, 0.3) is 11.0 Å². The van der Waals surface area contributed by atoms with Gasteiger partial charge in [0.2, 0.25) is 5.91 Å². The van der Waals surface area contributed by atoms with Gasteiger partial charge in [0.1, 0.15) is 6.54 Å². The lowest BCUT2D eigenvalue weighted by Gasteiger charge is -2.14. The predicted octanol–water partition coefficient (Wildman–Crippen LogP) is 2.70. The molecule has 0 aliphatic heterocycles. The van der Waals surface area contributed by atoms with Gasteiger partial charge in [0, 0.05) is 6.54 Å². The van der Waals surface area contributed by atoms with Crippen LogP contribution in [-0.4, -0.2) is 15.0 Å². The topological polar surface area (TPSA) is 56.0 Å². The Morgan fingerprint density at radius 1 is 1.00 bits per heavy atom. The number of nitrogens with one attached hydrogen (secondary N) is 1. The molecule has 1 N–H and O–H groups in total. The number of hydrogen-bond donors (Lipinski definition) is 1. The molecule has 24 heavy (non-hydrogen) atoms. The first-order chi connectivity index (χ1) is 11.6. The molecule has 1 amide bonds. The van der Waals surface area contributed by atoms with Crippen molar-refractivity contribution in [1.29, 1.82) is 0 Å². The Balaban J connectivity index is 1.84. The molecule has 5 heteroatoms. The van der Waals surface area contributed by atoms with E-state index >= 15 is 0 Å². The van der Waals surface area contributed by atoms with Crippen LogP contribution in [0.15, 0.2) is 59.4 Å². The minimum absolute atomic E-state index is 0.0174. The summed E-state index contributed by atoms with van der Waals surface area (Å²) in [5.41, 5.74) is 2.52. The van der Waals surface area contributed by atoms with Crippen LogP contribution in [0.2, 0.25) is 0 Å². The SMILES string of the molecule is CCn1c(=O)n(CC(=O)NC(C)c2ccccc2)c2ccccc21. The predicted molar refractivity (Wildman–Crippen MR) is 94.9 cm³/mol. The molecule has 0 aliphatic carbocycles. The Kier molecular flexibility index (Phi) is 4.51. The number of rotatable bonds is 5. The van der Waals surface area contributed by atoms with Crippen LogP contribution in [0.5, 0.6) is 0 Å². The normalized spacial score (nSPS) is 12.2. The van der Waals surface area contributed by atoms with Crippen molar-refractivity contribution < 1.29 is 4.79 Å². The summed E-state index contributed by atoms with van der Waals surface area (Å²) in [5.74, 6) is -0.174. The summed E-state index contributed by atoms with van der Waals surface area (Å²) in [5, 5.41) is 2.96. The Hall–Kier alpha value is -2.82. The van der Waals surface area contributed by atoms with Crippen LogP contribution < -0.4 is 11.0 Å². The van der Waals surface area contributed by atoms with Gasteiger partial charge in [-0.3, -0.25) is 13.9 Å². The summed E-state index contributed by atoms with van der Waals surface area (Å²) in [6.45, 7) is 4.46. The average Bonchev–Trinajstić information content (AvgIpc) is 2.87. The molecule has 1 unspecified atom stereocenters. The van der Waals surface area contributed by atoms with E-state index in [1.165, 1.54) is 4.57 Å². The summed E-state index contributed by atoms with van der Waals surface area (Å²) < 4.78 is 3.22. The van der Waals surface area contributed by atoms with Gasteiger partial charge in [0.15, 0.2) is 0 Å². The minimum Gasteiger partial charge on any atom is -0.348 e. The number of para-hydroxylation sites is 2. The molecular weight excluding hydrogens is 302 g/mol. The van der Waals surface area contributed by atoms with Crippen molar-refractivity contribution in [3.8, 4) is 0 Å². The van der Waals surface area contributed by atoms with E-state index in [1.54, 1.807) is 4.57 Å². The van der Waals surface area contributed by atoms with Crippen molar-refractivity contribution in [1.82, 2.24) is 14.5 Å². The molecule has 0 bridgehead atoms. The third kappa shape index (κ3) is 2.97. The van der Waals surface area contributed by atoms with E-state index in [4.69, 9.17) is 0 Å². The van der Waals surface area contributed by atoms with E-state index in [0.29, 0.717) is 6.54 Å². The maximum atomic E-state index is 12.6. The number of benzene rings is 2. The monoisotopic (exact) mass is 323 g/mol. The standard InChI is InChI=1S/C19H21N3O2/c1-3-21-16-11-7-8-12-17(16)22(19(21)24)13-18(23)20-14(2)15-9-5-4-6-10-15/h4-12,14H,3,13H2,1-2H3,(H,20,23). The molecule has 0 saturated carbocycles. The average molecular weight is 323 g/mol. The number of nitrogens with zero attached hydrogens (tertiary/aromatic N) is 2. The molecular formula is C19H21N3O2. The Morgan fingerprint density at radius 3 is 2.21 bits per heavy atom. The van der Waals surface area contributed by atoms with Crippen LogP contribution in [-0.2, 0) is 17.9 Å². The van der Waals surface area contributed by atoms with E-state index in [9.17, 15) is 9.59 Å². The van der Waals surface area contributed by atoms with Crippen molar-refractivity contribution in [2.45, 2.75) is 33.0 Å². The Bertz CT molecular complexity index is 909. The van der Waals surface area contributed by atoms with Gasteiger partial charge in [-0.05, 0) is 31.5 Å². The highest BCUT2D eigenvalue weighted by molar-refractivity contribution is 5.81. The first-order valence-corrected chi connectivity index (χ1v) is 8.14. The summed E-state index contributed by atoms with van der Waals surface area (Å²) in [7, 11) is 0. The van der Waals surface area contributed by atoms with Crippen molar-refractivity contribution >= 4 is 16.9 Å². The molecule has 3 aromatic rings.